The van der Waals surface area contributed by atoms with E-state index >= 15 is 0 Å². The van der Waals surface area contributed by atoms with Crippen LogP contribution in [0.1, 0.15) is 74.4 Å². The number of hydrogen-bond acceptors (Lipinski definition) is 12. The van der Waals surface area contributed by atoms with E-state index in [0.717, 1.165) is 0 Å². The Morgan fingerprint density at radius 2 is 1.71 bits per heavy atom. The number of azo groups is 1. The normalized spacial score (nSPS) is 16.9. The predicted molar refractivity (Wildman–Crippen MR) is 213 cm³/mol. The van der Waals surface area contributed by atoms with Crippen molar-refractivity contribution in [3.05, 3.63) is 87.7 Å². The van der Waals surface area contributed by atoms with Crippen LogP contribution in [0.3, 0.4) is 0 Å². The highest BCUT2D eigenvalue weighted by molar-refractivity contribution is 6.34. The summed E-state index contributed by atoms with van der Waals surface area (Å²) in [6.07, 6.45) is 3.17. The molecule has 59 heavy (non-hydrogen) atoms. The van der Waals surface area contributed by atoms with Gasteiger partial charge in [0.25, 0.3) is 17.7 Å². The maximum atomic E-state index is 13.3. The Bertz CT molecular complexity index is 2330. The van der Waals surface area contributed by atoms with E-state index in [9.17, 15) is 28.8 Å². The van der Waals surface area contributed by atoms with Crippen molar-refractivity contribution in [1.82, 2.24) is 25.3 Å². The smallest absolute Gasteiger partial charge is 0.260 e. The Morgan fingerprint density at radius 1 is 0.983 bits per heavy atom. The average Bonchev–Trinajstić information content (AvgIpc) is 3.83. The standard InChI is InChI=1S/C41H41ClN8O9/c1-22-6-4-8-27(42)36(22)40(55)44-29-19-43-48-37(29)31(51)16-23-12-14-49(15-13-23)35(53)21-59-38-32(57-2)17-24(18-33(38)58-3)46-47-28-9-5-7-25-26(28)20-50(41(25)56)30-10-11-34(52)45-39(30)54/h4-9,17-19,23,30H,10-16,20-21H2,1-3H3,(H,43,48)(H,44,55)(H,45,52,54). The van der Waals surface area contributed by atoms with Gasteiger partial charge >= 0.3 is 0 Å². The molecule has 3 N–H and O–H groups in total. The monoisotopic (exact) mass is 824 g/mol. The van der Waals surface area contributed by atoms with Crippen LogP contribution in [-0.4, -0.2) is 95.3 Å². The number of piperidine rings is 2. The third-order valence-electron chi connectivity index (χ3n) is 10.7. The van der Waals surface area contributed by atoms with Gasteiger partial charge in [-0.05, 0) is 55.9 Å². The number of methoxy groups -OCH3 is 2. The van der Waals surface area contributed by atoms with Crippen LogP contribution in [0.4, 0.5) is 17.1 Å². The second-order valence-electron chi connectivity index (χ2n) is 14.4. The molecule has 0 saturated carbocycles. The Morgan fingerprint density at radius 3 is 2.41 bits per heavy atom. The Labute approximate surface area is 343 Å². The number of rotatable bonds is 13. The molecule has 17 nitrogen and oxygen atoms in total. The maximum Gasteiger partial charge on any atom is 0.260 e. The minimum atomic E-state index is -0.760. The number of amides is 5. The van der Waals surface area contributed by atoms with Crippen molar-refractivity contribution in [1.29, 1.82) is 0 Å². The Kier molecular flexibility index (Phi) is 12.0. The number of benzene rings is 3. The highest BCUT2D eigenvalue weighted by Gasteiger charge is 2.40. The van der Waals surface area contributed by atoms with Crippen molar-refractivity contribution in [2.45, 2.75) is 51.6 Å². The van der Waals surface area contributed by atoms with Crippen molar-refractivity contribution in [3.8, 4) is 17.2 Å². The molecule has 7 rings (SSSR count). The third-order valence-corrected chi connectivity index (χ3v) is 11.0. The molecule has 1 aromatic heterocycles. The van der Waals surface area contributed by atoms with Crippen LogP contribution in [0.15, 0.2) is 65.0 Å². The van der Waals surface area contributed by atoms with Gasteiger partial charge in [-0.1, -0.05) is 29.8 Å². The van der Waals surface area contributed by atoms with Crippen LogP contribution in [0.25, 0.3) is 0 Å². The molecule has 0 spiro atoms. The van der Waals surface area contributed by atoms with Gasteiger partial charge in [0, 0.05) is 55.7 Å². The summed E-state index contributed by atoms with van der Waals surface area (Å²) in [7, 11) is 2.88. The number of anilines is 1. The van der Waals surface area contributed by atoms with Crippen molar-refractivity contribution >= 4 is 64.0 Å². The molecule has 2 saturated heterocycles. The zero-order valence-corrected chi connectivity index (χ0v) is 33.3. The van der Waals surface area contributed by atoms with Crippen LogP contribution in [-0.2, 0) is 20.9 Å². The summed E-state index contributed by atoms with van der Waals surface area (Å²) < 4.78 is 17.1. The van der Waals surface area contributed by atoms with Gasteiger partial charge in [-0.3, -0.25) is 39.2 Å². The third kappa shape index (κ3) is 8.65. The number of ether oxygens (including phenoxy) is 3. The second-order valence-corrected chi connectivity index (χ2v) is 14.8. The quantitative estimate of drug-likeness (QED) is 0.0849. The van der Waals surface area contributed by atoms with Crippen LogP contribution < -0.4 is 24.8 Å². The lowest BCUT2D eigenvalue weighted by molar-refractivity contribution is -0.137. The first-order chi connectivity index (χ1) is 28.4. The molecule has 5 amide bonds. The van der Waals surface area contributed by atoms with Crippen molar-refractivity contribution < 1.29 is 43.0 Å². The van der Waals surface area contributed by atoms with E-state index in [0.29, 0.717) is 64.6 Å². The molecule has 3 aromatic carbocycles. The molecule has 2 fully saturated rings. The van der Waals surface area contributed by atoms with Gasteiger partial charge in [-0.2, -0.15) is 15.3 Å². The van der Waals surface area contributed by atoms with E-state index in [1.807, 2.05) is 0 Å². The van der Waals surface area contributed by atoms with E-state index in [2.05, 4.69) is 31.1 Å². The molecule has 3 aliphatic rings. The molecule has 0 radical (unpaired) electrons. The minimum absolute atomic E-state index is 0.00809. The predicted octanol–water partition coefficient (Wildman–Crippen LogP) is 5.71. The topological polar surface area (TPSA) is 214 Å². The highest BCUT2D eigenvalue weighted by atomic mass is 35.5. The number of nitrogens with one attached hydrogen (secondary N) is 3. The fourth-order valence-electron chi connectivity index (χ4n) is 7.51. The van der Waals surface area contributed by atoms with Gasteiger partial charge in [0.2, 0.25) is 17.6 Å². The molecule has 1 unspecified atom stereocenters. The number of aromatic nitrogens is 2. The van der Waals surface area contributed by atoms with E-state index in [-0.39, 0.29) is 90.5 Å². The summed E-state index contributed by atoms with van der Waals surface area (Å²) >= 11 is 6.26. The number of fused-ring (bicyclic) bond motifs is 1. The molecule has 0 bridgehead atoms. The lowest BCUT2D eigenvalue weighted by Crippen LogP contribution is -2.52. The lowest BCUT2D eigenvalue weighted by atomic mass is 9.90. The largest absolute Gasteiger partial charge is 0.493 e. The van der Waals surface area contributed by atoms with E-state index in [1.165, 1.54) is 25.3 Å². The first-order valence-electron chi connectivity index (χ1n) is 18.9. The van der Waals surface area contributed by atoms with Crippen LogP contribution in [0.2, 0.25) is 5.02 Å². The van der Waals surface area contributed by atoms with Crippen LogP contribution in [0, 0.1) is 12.8 Å². The van der Waals surface area contributed by atoms with Gasteiger partial charge < -0.3 is 29.3 Å². The first kappa shape index (κ1) is 40.6. The number of H-pyrrole nitrogens is 1. The zero-order chi connectivity index (χ0) is 41.8. The number of halogens is 1. The molecule has 0 aliphatic carbocycles. The molecule has 4 aromatic rings. The number of aromatic amines is 1. The summed E-state index contributed by atoms with van der Waals surface area (Å²) in [5.41, 5.74) is 3.28. The number of carbonyl (C=O) groups is 6. The molecule has 18 heteroatoms. The molecule has 4 heterocycles. The zero-order valence-electron chi connectivity index (χ0n) is 32.5. The van der Waals surface area contributed by atoms with E-state index in [4.69, 9.17) is 25.8 Å². The fraction of sp³-hybridized carbons (Fsp3) is 0.341. The molecule has 306 valence electrons. The highest BCUT2D eigenvalue weighted by Crippen LogP contribution is 2.42. The number of aryl methyl sites for hydroxylation is 1. The molecular formula is C41H41ClN8O9. The van der Waals surface area contributed by atoms with Gasteiger partial charge in [-0.15, -0.1) is 0 Å². The number of Topliss-reactive ketones (excluding diaryl/α,β-unsaturated/α-hetero) is 1. The van der Waals surface area contributed by atoms with E-state index in [1.54, 1.807) is 60.4 Å². The number of nitrogens with zero attached hydrogens (tertiary/aromatic N) is 5. The SMILES string of the molecule is COc1cc(N=Nc2cccc3c2CN(C2CCC(=O)NC2=O)C3=O)cc(OC)c1OCC(=O)N1CCC(CC(=O)c2[nH]ncc2NC(=O)c2c(C)cccc2Cl)CC1. The number of carbonyl (C=O) groups excluding carboxylic acids is 6. The maximum absolute atomic E-state index is 13.3. The summed E-state index contributed by atoms with van der Waals surface area (Å²) in [5.74, 6) is -1.39. The lowest BCUT2D eigenvalue weighted by Gasteiger charge is -2.31. The summed E-state index contributed by atoms with van der Waals surface area (Å²) in [5, 5.41) is 20.8. The second kappa shape index (κ2) is 17.5. The summed E-state index contributed by atoms with van der Waals surface area (Å²) in [6.45, 7) is 2.46. The first-order valence-corrected chi connectivity index (χ1v) is 19.3. The fourth-order valence-corrected chi connectivity index (χ4v) is 7.82. The number of hydrogen-bond donors (Lipinski definition) is 3. The van der Waals surface area contributed by atoms with Crippen LogP contribution >= 0.6 is 11.6 Å². The number of imide groups is 1. The van der Waals surface area contributed by atoms with Crippen molar-refractivity contribution in [2.75, 3.05) is 39.2 Å². The van der Waals surface area contributed by atoms with Crippen molar-refractivity contribution in [3.63, 3.8) is 0 Å². The number of likely N-dealkylation sites (tertiary alicyclic amines) is 1. The van der Waals surface area contributed by atoms with Gasteiger partial charge in [0.15, 0.2) is 23.9 Å². The van der Waals surface area contributed by atoms with Crippen molar-refractivity contribution in [2.24, 2.45) is 16.1 Å². The van der Waals surface area contributed by atoms with Gasteiger partial charge in [-0.25, -0.2) is 0 Å². The molecular weight excluding hydrogens is 784 g/mol. The minimum Gasteiger partial charge on any atom is -0.493 e. The Balaban J connectivity index is 0.936. The average molecular weight is 825 g/mol. The summed E-state index contributed by atoms with van der Waals surface area (Å²) in [4.78, 5) is 80.1. The van der Waals surface area contributed by atoms with Gasteiger partial charge in [0.05, 0.1) is 48.1 Å². The van der Waals surface area contributed by atoms with E-state index < -0.39 is 17.9 Å². The summed E-state index contributed by atoms with van der Waals surface area (Å²) in [6, 6.07) is 12.6. The Hall–Kier alpha value is -6.62. The molecule has 1 atom stereocenters. The van der Waals surface area contributed by atoms with Crippen LogP contribution in [0.5, 0.6) is 17.2 Å². The van der Waals surface area contributed by atoms with Gasteiger partial charge in [0.1, 0.15) is 11.7 Å². The molecule has 3 aliphatic heterocycles. The number of ketones is 1.